The molecule has 0 saturated carbocycles. The number of carbonyl (C=O) groups is 1. The van der Waals surface area contributed by atoms with E-state index in [2.05, 4.69) is 0 Å². The molecule has 0 radical (unpaired) electrons. The van der Waals surface area contributed by atoms with Gasteiger partial charge in [-0.05, 0) is 44.5 Å². The number of fused-ring (bicyclic) bond motifs is 1. The van der Waals surface area contributed by atoms with Crippen LogP contribution in [0.15, 0.2) is 24.3 Å². The summed E-state index contributed by atoms with van der Waals surface area (Å²) < 4.78 is 13.4. The van der Waals surface area contributed by atoms with Gasteiger partial charge in [0.15, 0.2) is 0 Å². The minimum absolute atomic E-state index is 0.119. The van der Waals surface area contributed by atoms with E-state index in [9.17, 15) is 9.18 Å². The molecule has 0 fully saturated rings. The van der Waals surface area contributed by atoms with E-state index in [1.165, 1.54) is 12.1 Å². The van der Waals surface area contributed by atoms with Gasteiger partial charge in [0, 0.05) is 5.56 Å². The van der Waals surface area contributed by atoms with Crippen LogP contribution in [0.4, 0.5) is 10.1 Å². The average Bonchev–Trinajstić information content (AvgIpc) is 2.26. The first-order valence-electron chi connectivity index (χ1n) is 5.75. The van der Waals surface area contributed by atoms with Gasteiger partial charge in [0.2, 0.25) is 5.91 Å². The largest absolute Gasteiger partial charge is 0.302 e. The number of hydrogen-bond acceptors (Lipinski definition) is 1. The lowest BCUT2D eigenvalue weighted by Gasteiger charge is -2.41. The highest BCUT2D eigenvalue weighted by molar-refractivity contribution is 6.29. The Labute approximate surface area is 111 Å². The Morgan fingerprint density at radius 2 is 2.11 bits per heavy atom. The smallest absolute Gasteiger partial charge is 0.242 e. The van der Waals surface area contributed by atoms with E-state index in [-0.39, 0.29) is 17.6 Å². The summed E-state index contributed by atoms with van der Waals surface area (Å²) in [7, 11) is 0. The molecule has 1 heterocycles. The fraction of sp³-hybridized carbons (Fsp3) is 0.357. The van der Waals surface area contributed by atoms with Gasteiger partial charge in [-0.1, -0.05) is 6.08 Å². The van der Waals surface area contributed by atoms with Crippen LogP contribution < -0.4 is 4.90 Å². The van der Waals surface area contributed by atoms with Crippen molar-refractivity contribution in [3.8, 4) is 0 Å². The molecule has 0 N–H and O–H groups in total. The second-order valence-electron chi connectivity index (χ2n) is 5.01. The fourth-order valence-corrected chi connectivity index (χ4v) is 2.64. The highest BCUT2D eigenvalue weighted by Crippen LogP contribution is 2.39. The van der Waals surface area contributed by atoms with Crippen LogP contribution in [0, 0.1) is 5.82 Å². The number of rotatable bonds is 1. The van der Waals surface area contributed by atoms with Crippen molar-refractivity contribution in [2.24, 2.45) is 0 Å². The molecular formula is C14H15ClFNO. The molecule has 0 aliphatic carbocycles. The highest BCUT2D eigenvalue weighted by Gasteiger charge is 2.35. The van der Waals surface area contributed by atoms with Gasteiger partial charge >= 0.3 is 0 Å². The summed E-state index contributed by atoms with van der Waals surface area (Å²) in [5, 5.41) is 0. The third kappa shape index (κ3) is 2.03. The number of carbonyl (C=O) groups excluding carboxylic acids is 1. The van der Waals surface area contributed by atoms with E-state index in [1.54, 1.807) is 11.0 Å². The van der Waals surface area contributed by atoms with E-state index in [1.807, 2.05) is 26.8 Å². The average molecular weight is 268 g/mol. The fourth-order valence-electron chi connectivity index (χ4n) is 2.52. The van der Waals surface area contributed by atoms with Gasteiger partial charge in [0.25, 0.3) is 0 Å². The third-order valence-corrected chi connectivity index (χ3v) is 3.36. The van der Waals surface area contributed by atoms with Crippen LogP contribution in [-0.4, -0.2) is 17.3 Å². The van der Waals surface area contributed by atoms with Crippen LogP contribution in [0.5, 0.6) is 0 Å². The molecule has 2 nitrogen and oxygen atoms in total. The normalized spacial score (nSPS) is 17.2. The third-order valence-electron chi connectivity index (χ3n) is 3.14. The van der Waals surface area contributed by atoms with Gasteiger partial charge in [-0.15, -0.1) is 11.6 Å². The Bertz CT molecular complexity index is 537. The second kappa shape index (κ2) is 4.39. The summed E-state index contributed by atoms with van der Waals surface area (Å²) in [5.41, 5.74) is 1.99. The van der Waals surface area contributed by atoms with Crippen molar-refractivity contribution in [2.45, 2.75) is 26.3 Å². The molecule has 18 heavy (non-hydrogen) atoms. The summed E-state index contributed by atoms with van der Waals surface area (Å²) in [6, 6.07) is 4.48. The summed E-state index contributed by atoms with van der Waals surface area (Å²) in [5.74, 6) is -0.699. The van der Waals surface area contributed by atoms with Crippen LogP contribution in [0.3, 0.4) is 0 Å². The van der Waals surface area contributed by atoms with Crippen LogP contribution >= 0.6 is 11.6 Å². The first kappa shape index (κ1) is 13.1. The van der Waals surface area contributed by atoms with Gasteiger partial charge in [-0.2, -0.15) is 0 Å². The van der Waals surface area contributed by atoms with Crippen molar-refractivity contribution in [1.29, 1.82) is 0 Å². The number of alkyl halides is 1. The molecule has 2 rings (SSSR count). The highest BCUT2D eigenvalue weighted by atomic mass is 35.5. The molecule has 1 aliphatic heterocycles. The Balaban J connectivity index is 2.67. The summed E-state index contributed by atoms with van der Waals surface area (Å²) in [6.07, 6.45) is 2.00. The number of halogens is 2. The van der Waals surface area contributed by atoms with E-state index in [0.29, 0.717) is 5.69 Å². The summed E-state index contributed by atoms with van der Waals surface area (Å²) in [6.45, 7) is 5.78. The standard InChI is InChI=1S/C14H15ClFNO/c1-9-7-14(2,3)17(13(18)8-15)12-6-10(16)4-5-11(9)12/h4-7H,8H2,1-3H3. The molecule has 0 unspecified atom stereocenters. The van der Waals surface area contributed by atoms with Crippen molar-refractivity contribution < 1.29 is 9.18 Å². The minimum atomic E-state index is -0.503. The van der Waals surface area contributed by atoms with Crippen LogP contribution in [0.1, 0.15) is 26.3 Å². The first-order chi connectivity index (χ1) is 8.36. The molecule has 1 amide bonds. The quantitative estimate of drug-likeness (QED) is 0.712. The van der Waals surface area contributed by atoms with Crippen LogP contribution in [0.25, 0.3) is 5.57 Å². The zero-order valence-corrected chi connectivity index (χ0v) is 11.4. The van der Waals surface area contributed by atoms with Gasteiger partial charge in [-0.25, -0.2) is 4.39 Å². The lowest BCUT2D eigenvalue weighted by atomic mass is 9.89. The zero-order valence-electron chi connectivity index (χ0n) is 10.6. The van der Waals surface area contributed by atoms with Gasteiger partial charge in [0.05, 0.1) is 11.2 Å². The zero-order chi connectivity index (χ0) is 13.5. The number of benzene rings is 1. The van der Waals surface area contributed by atoms with E-state index in [4.69, 9.17) is 11.6 Å². The van der Waals surface area contributed by atoms with Crippen molar-refractivity contribution in [3.63, 3.8) is 0 Å². The molecule has 0 atom stereocenters. The van der Waals surface area contributed by atoms with E-state index in [0.717, 1.165) is 11.1 Å². The molecule has 1 aliphatic rings. The number of anilines is 1. The molecule has 96 valence electrons. The second-order valence-corrected chi connectivity index (χ2v) is 5.27. The molecule has 1 aromatic rings. The Morgan fingerprint density at radius 1 is 1.44 bits per heavy atom. The Morgan fingerprint density at radius 3 is 2.72 bits per heavy atom. The van der Waals surface area contributed by atoms with E-state index >= 15 is 0 Å². The van der Waals surface area contributed by atoms with Crippen LogP contribution in [-0.2, 0) is 4.79 Å². The predicted octanol–water partition coefficient (Wildman–Crippen LogP) is 3.59. The van der Waals surface area contributed by atoms with Crippen molar-refractivity contribution in [3.05, 3.63) is 35.7 Å². The maximum Gasteiger partial charge on any atom is 0.242 e. The molecule has 1 aromatic carbocycles. The SMILES string of the molecule is CC1=CC(C)(C)N(C(=O)CCl)c2cc(F)ccc21. The number of nitrogens with zero attached hydrogens (tertiary/aromatic N) is 1. The predicted molar refractivity (Wildman–Crippen MR) is 72.3 cm³/mol. The Hall–Kier alpha value is -1.35. The van der Waals surface area contributed by atoms with E-state index < -0.39 is 5.54 Å². The summed E-state index contributed by atoms with van der Waals surface area (Å²) >= 11 is 5.65. The molecule has 0 saturated heterocycles. The number of amides is 1. The molecule has 0 bridgehead atoms. The lowest BCUT2D eigenvalue weighted by molar-refractivity contribution is -0.117. The topological polar surface area (TPSA) is 20.3 Å². The summed E-state index contributed by atoms with van der Waals surface area (Å²) in [4.78, 5) is 13.6. The van der Waals surface area contributed by atoms with Gasteiger partial charge in [-0.3, -0.25) is 4.79 Å². The van der Waals surface area contributed by atoms with Crippen molar-refractivity contribution in [2.75, 3.05) is 10.8 Å². The lowest BCUT2D eigenvalue weighted by Crippen LogP contribution is -2.49. The molecule has 0 aromatic heterocycles. The number of hydrogen-bond donors (Lipinski definition) is 0. The monoisotopic (exact) mass is 267 g/mol. The maximum absolute atomic E-state index is 13.4. The van der Waals surface area contributed by atoms with Crippen LogP contribution in [0.2, 0.25) is 0 Å². The van der Waals surface area contributed by atoms with Crippen molar-refractivity contribution >= 4 is 28.8 Å². The Kier molecular flexibility index (Phi) is 3.20. The molecular weight excluding hydrogens is 253 g/mol. The minimum Gasteiger partial charge on any atom is -0.302 e. The molecule has 4 heteroatoms. The number of allylic oxidation sites excluding steroid dienone is 1. The van der Waals surface area contributed by atoms with Gasteiger partial charge < -0.3 is 4.90 Å². The van der Waals surface area contributed by atoms with Crippen molar-refractivity contribution in [1.82, 2.24) is 0 Å². The first-order valence-corrected chi connectivity index (χ1v) is 6.28. The molecule has 0 spiro atoms. The maximum atomic E-state index is 13.4. The van der Waals surface area contributed by atoms with Gasteiger partial charge in [0.1, 0.15) is 11.7 Å².